The lowest BCUT2D eigenvalue weighted by Crippen LogP contribution is -2.35. The molecule has 0 aliphatic heterocycles. The molecule has 0 saturated heterocycles. The normalized spacial score (nSPS) is 10.9. The highest BCUT2D eigenvalue weighted by atomic mass is 32.1. The van der Waals surface area contributed by atoms with Gasteiger partial charge in [-0.1, -0.05) is 12.1 Å². The van der Waals surface area contributed by atoms with Gasteiger partial charge in [0.05, 0.1) is 10.9 Å². The van der Waals surface area contributed by atoms with Crippen LogP contribution in [0.1, 0.15) is 5.56 Å². The van der Waals surface area contributed by atoms with Crippen LogP contribution in [0.3, 0.4) is 0 Å². The Bertz CT molecular complexity index is 642. The van der Waals surface area contributed by atoms with Crippen LogP contribution in [0.5, 0.6) is 0 Å². The summed E-state index contributed by atoms with van der Waals surface area (Å²) in [7, 11) is 0. The lowest BCUT2D eigenvalue weighted by molar-refractivity contribution is 0.692. The summed E-state index contributed by atoms with van der Waals surface area (Å²) in [5, 5.41) is 0.543. The van der Waals surface area contributed by atoms with Crippen molar-refractivity contribution in [3.8, 4) is 0 Å². The Morgan fingerprint density at radius 1 is 1.38 bits per heavy atom. The summed E-state index contributed by atoms with van der Waals surface area (Å²) in [6.07, 6.45) is 0. The van der Waals surface area contributed by atoms with Gasteiger partial charge in [0, 0.05) is 12.3 Å². The van der Waals surface area contributed by atoms with E-state index in [0.29, 0.717) is 23.2 Å². The SMILES string of the molecule is Cc1cccc2c(=O)n(CCS)c(=O)[nH]c12. The highest BCUT2D eigenvalue weighted by molar-refractivity contribution is 7.80. The van der Waals surface area contributed by atoms with Crippen molar-refractivity contribution in [2.75, 3.05) is 5.75 Å². The summed E-state index contributed by atoms with van der Waals surface area (Å²) in [6, 6.07) is 5.39. The van der Waals surface area contributed by atoms with Gasteiger partial charge in [-0.3, -0.25) is 9.36 Å². The third kappa shape index (κ3) is 1.67. The second-order valence-corrected chi connectivity index (χ2v) is 4.06. The third-order valence-corrected chi connectivity index (χ3v) is 2.75. The number of benzene rings is 1. The van der Waals surface area contributed by atoms with Gasteiger partial charge in [0.15, 0.2) is 0 Å². The van der Waals surface area contributed by atoms with Gasteiger partial charge in [0.2, 0.25) is 0 Å². The Labute approximate surface area is 97.3 Å². The van der Waals surface area contributed by atoms with Crippen molar-refractivity contribution in [3.05, 3.63) is 44.6 Å². The summed E-state index contributed by atoms with van der Waals surface area (Å²) in [4.78, 5) is 26.4. The first kappa shape index (κ1) is 11.0. The molecule has 0 amide bonds. The Morgan fingerprint density at radius 3 is 2.81 bits per heavy atom. The van der Waals surface area contributed by atoms with Crippen LogP contribution in [0.15, 0.2) is 27.8 Å². The summed E-state index contributed by atoms with van der Waals surface area (Å²) >= 11 is 4.03. The number of thiol groups is 1. The molecule has 0 unspecified atom stereocenters. The predicted molar refractivity (Wildman–Crippen MR) is 67.4 cm³/mol. The minimum Gasteiger partial charge on any atom is -0.306 e. The second kappa shape index (κ2) is 4.17. The number of rotatable bonds is 2. The summed E-state index contributed by atoms with van der Waals surface area (Å²) < 4.78 is 1.18. The van der Waals surface area contributed by atoms with Crippen molar-refractivity contribution in [3.63, 3.8) is 0 Å². The lowest BCUT2D eigenvalue weighted by atomic mass is 10.1. The van der Waals surface area contributed by atoms with Crippen molar-refractivity contribution in [2.24, 2.45) is 0 Å². The largest absolute Gasteiger partial charge is 0.328 e. The number of H-pyrrole nitrogens is 1. The zero-order valence-electron chi connectivity index (χ0n) is 8.86. The molecule has 0 fully saturated rings. The van der Waals surface area contributed by atoms with Crippen LogP contribution in [-0.4, -0.2) is 15.3 Å². The number of aromatic amines is 1. The molecule has 1 aromatic carbocycles. The van der Waals surface area contributed by atoms with Crippen LogP contribution < -0.4 is 11.2 Å². The molecule has 2 rings (SSSR count). The summed E-state index contributed by atoms with van der Waals surface area (Å²) in [6.45, 7) is 2.18. The maximum Gasteiger partial charge on any atom is 0.328 e. The van der Waals surface area contributed by atoms with Gasteiger partial charge in [-0.2, -0.15) is 12.6 Å². The third-order valence-electron chi connectivity index (χ3n) is 2.55. The molecule has 0 radical (unpaired) electrons. The van der Waals surface area contributed by atoms with Gasteiger partial charge in [-0.15, -0.1) is 0 Å². The molecule has 0 spiro atoms. The van der Waals surface area contributed by atoms with Crippen molar-refractivity contribution in [1.29, 1.82) is 0 Å². The van der Waals surface area contributed by atoms with E-state index in [4.69, 9.17) is 0 Å². The number of nitrogens with zero attached hydrogens (tertiary/aromatic N) is 1. The van der Waals surface area contributed by atoms with Gasteiger partial charge in [-0.05, 0) is 18.6 Å². The van der Waals surface area contributed by atoms with E-state index in [-0.39, 0.29) is 11.2 Å². The molecule has 84 valence electrons. The Morgan fingerprint density at radius 2 is 2.12 bits per heavy atom. The Kier molecular flexibility index (Phi) is 2.87. The van der Waals surface area contributed by atoms with E-state index in [1.54, 1.807) is 6.07 Å². The van der Waals surface area contributed by atoms with Gasteiger partial charge < -0.3 is 4.98 Å². The number of aromatic nitrogens is 2. The van der Waals surface area contributed by atoms with Gasteiger partial charge >= 0.3 is 5.69 Å². The molecule has 0 atom stereocenters. The first-order valence-corrected chi connectivity index (χ1v) is 5.61. The van der Waals surface area contributed by atoms with Crippen LogP contribution in [-0.2, 0) is 6.54 Å². The minimum absolute atomic E-state index is 0.253. The van der Waals surface area contributed by atoms with E-state index in [1.807, 2.05) is 19.1 Å². The first-order valence-electron chi connectivity index (χ1n) is 4.98. The Hall–Kier alpha value is -1.49. The maximum absolute atomic E-state index is 12.0. The highest BCUT2D eigenvalue weighted by Gasteiger charge is 2.07. The zero-order valence-corrected chi connectivity index (χ0v) is 9.75. The quantitative estimate of drug-likeness (QED) is 0.762. The standard InChI is InChI=1S/C11H12N2O2S/c1-7-3-2-4-8-9(7)12-11(15)13(5-6-16)10(8)14/h2-4,16H,5-6H2,1H3,(H,12,15). The second-order valence-electron chi connectivity index (χ2n) is 3.61. The molecule has 0 bridgehead atoms. The molecule has 4 nitrogen and oxygen atoms in total. The fourth-order valence-corrected chi connectivity index (χ4v) is 1.93. The van der Waals surface area contributed by atoms with Crippen LogP contribution in [0.2, 0.25) is 0 Å². The minimum atomic E-state index is -0.374. The molecular formula is C11H12N2O2S. The molecular weight excluding hydrogens is 224 g/mol. The molecule has 16 heavy (non-hydrogen) atoms. The van der Waals surface area contributed by atoms with Crippen LogP contribution in [0.25, 0.3) is 10.9 Å². The van der Waals surface area contributed by atoms with E-state index >= 15 is 0 Å². The summed E-state index contributed by atoms with van der Waals surface area (Å²) in [5.74, 6) is 0.459. The van der Waals surface area contributed by atoms with Crippen molar-refractivity contribution < 1.29 is 0 Å². The first-order chi connectivity index (χ1) is 7.65. The fraction of sp³-hybridized carbons (Fsp3) is 0.273. The summed E-state index contributed by atoms with van der Waals surface area (Å²) in [5.41, 5.74) is 0.884. The fourth-order valence-electron chi connectivity index (χ4n) is 1.73. The van der Waals surface area contributed by atoms with Crippen molar-refractivity contribution >= 4 is 23.5 Å². The monoisotopic (exact) mass is 236 g/mol. The Balaban J connectivity index is 2.90. The highest BCUT2D eigenvalue weighted by Crippen LogP contribution is 2.09. The number of aryl methyl sites for hydroxylation is 1. The molecule has 0 aliphatic rings. The van der Waals surface area contributed by atoms with Crippen LogP contribution >= 0.6 is 12.6 Å². The molecule has 0 aliphatic carbocycles. The molecule has 1 aromatic heterocycles. The van der Waals surface area contributed by atoms with Crippen molar-refractivity contribution in [1.82, 2.24) is 9.55 Å². The smallest absolute Gasteiger partial charge is 0.306 e. The number of hydrogen-bond donors (Lipinski definition) is 2. The van der Waals surface area contributed by atoms with Gasteiger partial charge in [0.25, 0.3) is 5.56 Å². The van der Waals surface area contributed by atoms with Crippen LogP contribution in [0.4, 0.5) is 0 Å². The molecule has 1 heterocycles. The molecule has 5 heteroatoms. The topological polar surface area (TPSA) is 54.9 Å². The average Bonchev–Trinajstić information content (AvgIpc) is 2.26. The van der Waals surface area contributed by atoms with Crippen LogP contribution in [0, 0.1) is 6.92 Å². The number of nitrogens with one attached hydrogen (secondary N) is 1. The lowest BCUT2D eigenvalue weighted by Gasteiger charge is -2.05. The van der Waals surface area contributed by atoms with E-state index in [2.05, 4.69) is 17.6 Å². The zero-order chi connectivity index (χ0) is 11.7. The molecule has 1 N–H and O–H groups in total. The van der Waals surface area contributed by atoms with E-state index in [9.17, 15) is 9.59 Å². The van der Waals surface area contributed by atoms with E-state index < -0.39 is 0 Å². The van der Waals surface area contributed by atoms with E-state index in [1.165, 1.54) is 4.57 Å². The average molecular weight is 236 g/mol. The molecule has 2 aromatic rings. The number of hydrogen-bond acceptors (Lipinski definition) is 3. The van der Waals surface area contributed by atoms with Gasteiger partial charge in [-0.25, -0.2) is 4.79 Å². The number of para-hydroxylation sites is 1. The molecule has 0 saturated carbocycles. The van der Waals surface area contributed by atoms with E-state index in [0.717, 1.165) is 5.56 Å². The predicted octanol–water partition coefficient (Wildman–Crippen LogP) is 0.928. The number of fused-ring (bicyclic) bond motifs is 1. The van der Waals surface area contributed by atoms with Gasteiger partial charge in [0.1, 0.15) is 0 Å². The maximum atomic E-state index is 12.0. The van der Waals surface area contributed by atoms with Crippen molar-refractivity contribution in [2.45, 2.75) is 13.5 Å².